The molecule has 0 aromatic heterocycles. The molecular formula is C22H25FN2O3. The maximum atomic E-state index is 12.9. The molecule has 0 spiro atoms. The van der Waals surface area contributed by atoms with Gasteiger partial charge in [0.1, 0.15) is 11.6 Å². The minimum atomic E-state index is -0.292. The number of benzene rings is 2. The van der Waals surface area contributed by atoms with Gasteiger partial charge in [-0.3, -0.25) is 9.59 Å². The van der Waals surface area contributed by atoms with Crippen LogP contribution < -0.4 is 15.4 Å². The van der Waals surface area contributed by atoms with Crippen molar-refractivity contribution in [2.24, 2.45) is 11.8 Å². The number of methoxy groups -OCH3 is 1. The van der Waals surface area contributed by atoms with E-state index in [0.29, 0.717) is 43.7 Å². The van der Waals surface area contributed by atoms with E-state index in [0.717, 1.165) is 5.56 Å². The van der Waals surface area contributed by atoms with Gasteiger partial charge in [-0.25, -0.2) is 4.39 Å². The molecule has 28 heavy (non-hydrogen) atoms. The molecule has 0 bridgehead atoms. The third-order valence-corrected chi connectivity index (χ3v) is 5.21. The first-order chi connectivity index (χ1) is 13.6. The zero-order chi connectivity index (χ0) is 19.9. The van der Waals surface area contributed by atoms with Gasteiger partial charge in [0.25, 0.3) is 0 Å². The molecule has 0 saturated heterocycles. The number of anilines is 1. The number of ether oxygens (including phenoxy) is 1. The summed E-state index contributed by atoms with van der Waals surface area (Å²) < 4.78 is 18.2. The number of halogens is 1. The lowest BCUT2D eigenvalue weighted by Gasteiger charge is -2.27. The van der Waals surface area contributed by atoms with E-state index in [9.17, 15) is 14.0 Å². The quantitative estimate of drug-likeness (QED) is 0.794. The van der Waals surface area contributed by atoms with E-state index >= 15 is 0 Å². The maximum absolute atomic E-state index is 12.9. The van der Waals surface area contributed by atoms with Gasteiger partial charge in [-0.2, -0.15) is 0 Å². The molecule has 1 aliphatic rings. The lowest BCUT2D eigenvalue weighted by atomic mass is 9.81. The number of carbonyl (C=O) groups is 2. The fourth-order valence-corrected chi connectivity index (χ4v) is 3.54. The highest BCUT2D eigenvalue weighted by Gasteiger charge is 2.30. The van der Waals surface area contributed by atoms with Gasteiger partial charge >= 0.3 is 0 Å². The summed E-state index contributed by atoms with van der Waals surface area (Å²) in [6.45, 7) is 0.382. The van der Waals surface area contributed by atoms with Gasteiger partial charge in [0.2, 0.25) is 11.8 Å². The summed E-state index contributed by atoms with van der Waals surface area (Å²) in [5.41, 5.74) is 1.52. The predicted octanol–water partition coefficient (Wildman–Crippen LogP) is 3.90. The summed E-state index contributed by atoms with van der Waals surface area (Å²) in [6.07, 6.45) is 2.71. The Labute approximate surface area is 164 Å². The molecule has 2 aromatic rings. The molecule has 2 aromatic carbocycles. The van der Waals surface area contributed by atoms with E-state index in [-0.39, 0.29) is 29.5 Å². The second kappa shape index (κ2) is 9.35. The fourth-order valence-electron chi connectivity index (χ4n) is 3.54. The zero-order valence-electron chi connectivity index (χ0n) is 15.9. The molecule has 2 amide bonds. The maximum Gasteiger partial charge on any atom is 0.227 e. The first kappa shape index (κ1) is 19.9. The number of carbonyl (C=O) groups excluding carboxylic acids is 2. The molecule has 2 N–H and O–H groups in total. The summed E-state index contributed by atoms with van der Waals surface area (Å²) >= 11 is 0. The monoisotopic (exact) mass is 384 g/mol. The lowest BCUT2D eigenvalue weighted by Crippen LogP contribution is -2.35. The van der Waals surface area contributed by atoms with E-state index in [2.05, 4.69) is 10.6 Å². The summed E-state index contributed by atoms with van der Waals surface area (Å²) in [6, 6.07) is 13.4. The SMILES string of the molecule is COc1ccccc1NC(=O)C1CCC(C(=O)NCc2ccc(F)cc2)CC1. The Kier molecular flexibility index (Phi) is 6.63. The van der Waals surface area contributed by atoms with Gasteiger partial charge < -0.3 is 15.4 Å². The van der Waals surface area contributed by atoms with Gasteiger partial charge in [-0.1, -0.05) is 24.3 Å². The van der Waals surface area contributed by atoms with Crippen molar-refractivity contribution >= 4 is 17.5 Å². The Bertz CT molecular complexity index is 815. The molecule has 0 aliphatic heterocycles. The Morgan fingerprint density at radius 2 is 1.57 bits per heavy atom. The largest absolute Gasteiger partial charge is 0.495 e. The molecule has 1 aliphatic carbocycles. The van der Waals surface area contributed by atoms with Crippen LogP contribution >= 0.6 is 0 Å². The van der Waals surface area contributed by atoms with Crippen molar-refractivity contribution in [3.05, 3.63) is 59.9 Å². The summed E-state index contributed by atoms with van der Waals surface area (Å²) in [5, 5.41) is 5.84. The van der Waals surface area contributed by atoms with Crippen LogP contribution in [0.3, 0.4) is 0 Å². The number of hydrogen-bond donors (Lipinski definition) is 2. The summed E-state index contributed by atoms with van der Waals surface area (Å²) in [5.74, 6) is 0.105. The summed E-state index contributed by atoms with van der Waals surface area (Å²) in [7, 11) is 1.57. The average molecular weight is 384 g/mol. The number of hydrogen-bond acceptors (Lipinski definition) is 3. The number of amides is 2. The van der Waals surface area contributed by atoms with Gasteiger partial charge in [-0.05, 0) is 55.5 Å². The van der Waals surface area contributed by atoms with Crippen LogP contribution in [0, 0.1) is 17.7 Å². The van der Waals surface area contributed by atoms with Crippen molar-refractivity contribution in [1.82, 2.24) is 5.32 Å². The Balaban J connectivity index is 1.46. The smallest absolute Gasteiger partial charge is 0.227 e. The van der Waals surface area contributed by atoms with Crippen LogP contribution in [0.2, 0.25) is 0 Å². The van der Waals surface area contributed by atoms with Crippen molar-refractivity contribution in [3.8, 4) is 5.75 Å². The van der Waals surface area contributed by atoms with Crippen LogP contribution in [0.15, 0.2) is 48.5 Å². The first-order valence-corrected chi connectivity index (χ1v) is 9.53. The third kappa shape index (κ3) is 5.09. The second-order valence-corrected chi connectivity index (χ2v) is 7.08. The highest BCUT2D eigenvalue weighted by atomic mass is 19.1. The van der Waals surface area contributed by atoms with Gasteiger partial charge in [0.15, 0.2) is 0 Å². The second-order valence-electron chi connectivity index (χ2n) is 7.08. The molecule has 0 heterocycles. The molecule has 0 radical (unpaired) electrons. The van der Waals surface area contributed by atoms with Crippen LogP contribution in [0.5, 0.6) is 5.75 Å². The number of rotatable bonds is 6. The first-order valence-electron chi connectivity index (χ1n) is 9.53. The van der Waals surface area contributed by atoms with Crippen molar-refractivity contribution in [2.75, 3.05) is 12.4 Å². The normalized spacial score (nSPS) is 18.9. The van der Waals surface area contributed by atoms with E-state index in [1.807, 2.05) is 18.2 Å². The average Bonchev–Trinajstić information content (AvgIpc) is 2.73. The molecule has 1 fully saturated rings. The zero-order valence-corrected chi connectivity index (χ0v) is 15.9. The Morgan fingerprint density at radius 1 is 0.964 bits per heavy atom. The fraction of sp³-hybridized carbons (Fsp3) is 0.364. The van der Waals surface area contributed by atoms with Crippen LogP contribution in [-0.4, -0.2) is 18.9 Å². The minimum Gasteiger partial charge on any atom is -0.495 e. The van der Waals surface area contributed by atoms with Crippen molar-refractivity contribution in [3.63, 3.8) is 0 Å². The van der Waals surface area contributed by atoms with Crippen LogP contribution in [0.1, 0.15) is 31.2 Å². The molecule has 5 nitrogen and oxygen atoms in total. The van der Waals surface area contributed by atoms with Crippen molar-refractivity contribution in [1.29, 1.82) is 0 Å². The van der Waals surface area contributed by atoms with Crippen LogP contribution in [0.25, 0.3) is 0 Å². The van der Waals surface area contributed by atoms with Crippen LogP contribution in [0.4, 0.5) is 10.1 Å². The van der Waals surface area contributed by atoms with Crippen molar-refractivity contribution in [2.45, 2.75) is 32.2 Å². The molecule has 0 unspecified atom stereocenters. The standard InChI is InChI=1S/C22H25FN2O3/c1-28-20-5-3-2-4-19(20)25-22(27)17-10-8-16(9-11-17)21(26)24-14-15-6-12-18(23)13-7-15/h2-7,12-13,16-17H,8-11,14H2,1H3,(H,24,26)(H,25,27). The molecule has 3 rings (SSSR count). The minimum absolute atomic E-state index is 0.00656. The highest BCUT2D eigenvalue weighted by Crippen LogP contribution is 2.31. The molecule has 148 valence electrons. The number of para-hydroxylation sites is 2. The topological polar surface area (TPSA) is 67.4 Å². The summed E-state index contributed by atoms with van der Waals surface area (Å²) in [4.78, 5) is 24.9. The molecular weight excluding hydrogens is 359 g/mol. The highest BCUT2D eigenvalue weighted by molar-refractivity contribution is 5.94. The van der Waals surface area contributed by atoms with E-state index in [1.165, 1.54) is 12.1 Å². The van der Waals surface area contributed by atoms with Crippen LogP contribution in [-0.2, 0) is 16.1 Å². The Morgan fingerprint density at radius 3 is 2.21 bits per heavy atom. The van der Waals surface area contributed by atoms with Gasteiger partial charge in [-0.15, -0.1) is 0 Å². The van der Waals surface area contributed by atoms with E-state index in [4.69, 9.17) is 4.74 Å². The number of nitrogens with one attached hydrogen (secondary N) is 2. The molecule has 1 saturated carbocycles. The molecule has 6 heteroatoms. The lowest BCUT2D eigenvalue weighted by molar-refractivity contribution is -0.128. The van der Waals surface area contributed by atoms with Gasteiger partial charge in [0, 0.05) is 18.4 Å². The van der Waals surface area contributed by atoms with E-state index < -0.39 is 0 Å². The molecule has 0 atom stereocenters. The van der Waals surface area contributed by atoms with Crippen molar-refractivity contribution < 1.29 is 18.7 Å². The third-order valence-electron chi connectivity index (χ3n) is 5.21. The van der Waals surface area contributed by atoms with Gasteiger partial charge in [0.05, 0.1) is 12.8 Å². The predicted molar refractivity (Wildman–Crippen MR) is 105 cm³/mol. The Hall–Kier alpha value is -2.89. The van der Waals surface area contributed by atoms with E-state index in [1.54, 1.807) is 25.3 Å².